The van der Waals surface area contributed by atoms with Crippen molar-refractivity contribution in [3.8, 4) is 0 Å². The van der Waals surface area contributed by atoms with E-state index in [1.807, 2.05) is 13.0 Å². The number of carbonyl (C=O) groups excluding carboxylic acids is 1. The van der Waals surface area contributed by atoms with Crippen molar-refractivity contribution in [2.75, 3.05) is 18.4 Å². The summed E-state index contributed by atoms with van der Waals surface area (Å²) in [6, 6.07) is 5.43. The average molecular weight is 459 g/mol. The van der Waals surface area contributed by atoms with E-state index >= 15 is 0 Å². The number of hydrogen-bond donors (Lipinski definition) is 1. The van der Waals surface area contributed by atoms with Crippen LogP contribution < -0.4 is 10.9 Å². The zero-order valence-electron chi connectivity index (χ0n) is 18.2. The molecule has 0 spiro atoms. The third-order valence-electron chi connectivity index (χ3n) is 5.20. The van der Waals surface area contributed by atoms with Gasteiger partial charge in [0, 0.05) is 19.3 Å². The second-order valence-electron chi connectivity index (χ2n) is 7.64. The van der Waals surface area contributed by atoms with Gasteiger partial charge in [0.05, 0.1) is 10.5 Å². The van der Waals surface area contributed by atoms with Crippen molar-refractivity contribution in [1.29, 1.82) is 0 Å². The molecule has 1 amide bonds. The van der Waals surface area contributed by atoms with Crippen molar-refractivity contribution in [2.24, 2.45) is 0 Å². The first kappa shape index (κ1) is 23.5. The maximum absolute atomic E-state index is 13.1. The van der Waals surface area contributed by atoms with Crippen LogP contribution >= 0.6 is 24.0 Å². The van der Waals surface area contributed by atoms with E-state index in [9.17, 15) is 9.59 Å². The summed E-state index contributed by atoms with van der Waals surface area (Å²) < 4.78 is 2.06. The highest BCUT2D eigenvalue weighted by atomic mass is 32.2. The van der Waals surface area contributed by atoms with E-state index in [-0.39, 0.29) is 11.5 Å². The summed E-state index contributed by atoms with van der Waals surface area (Å²) in [6.45, 7) is 5.57. The number of carbonyl (C=O) groups is 1. The lowest BCUT2D eigenvalue weighted by molar-refractivity contribution is -0.122. The monoisotopic (exact) mass is 458 g/mol. The topological polar surface area (TPSA) is 66.7 Å². The number of nitrogens with zero attached hydrogens (tertiary/aromatic N) is 3. The molecule has 0 radical (unpaired) electrons. The van der Waals surface area contributed by atoms with E-state index in [0.29, 0.717) is 39.3 Å². The smallest absolute Gasteiger partial charge is 0.267 e. The van der Waals surface area contributed by atoms with Crippen LogP contribution in [0.25, 0.3) is 11.7 Å². The van der Waals surface area contributed by atoms with Gasteiger partial charge in [0.1, 0.15) is 15.8 Å². The molecule has 31 heavy (non-hydrogen) atoms. The predicted molar refractivity (Wildman–Crippen MR) is 133 cm³/mol. The number of thiocarbonyl (C=S) groups is 1. The van der Waals surface area contributed by atoms with Gasteiger partial charge < -0.3 is 5.32 Å². The van der Waals surface area contributed by atoms with Crippen molar-refractivity contribution in [3.05, 3.63) is 45.2 Å². The minimum atomic E-state index is -0.203. The van der Waals surface area contributed by atoms with Gasteiger partial charge in [-0.15, -0.1) is 0 Å². The van der Waals surface area contributed by atoms with Gasteiger partial charge in [-0.3, -0.25) is 18.9 Å². The highest BCUT2D eigenvalue weighted by molar-refractivity contribution is 8.26. The van der Waals surface area contributed by atoms with Crippen molar-refractivity contribution >= 4 is 51.7 Å². The van der Waals surface area contributed by atoms with Crippen LogP contribution in [0, 0.1) is 0 Å². The first-order valence-corrected chi connectivity index (χ1v) is 12.3. The summed E-state index contributed by atoms with van der Waals surface area (Å²) in [4.78, 5) is 32.9. The Morgan fingerprint density at radius 3 is 2.65 bits per heavy atom. The van der Waals surface area contributed by atoms with Gasteiger partial charge in [0.15, 0.2) is 0 Å². The van der Waals surface area contributed by atoms with Gasteiger partial charge in [-0.25, -0.2) is 4.98 Å². The Kier molecular flexibility index (Phi) is 8.66. The summed E-state index contributed by atoms with van der Waals surface area (Å²) in [5, 5.41) is 3.23. The molecule has 0 aliphatic carbocycles. The first-order valence-electron chi connectivity index (χ1n) is 11.1. The highest BCUT2D eigenvalue weighted by Gasteiger charge is 2.32. The molecule has 0 unspecified atom stereocenters. The van der Waals surface area contributed by atoms with E-state index in [4.69, 9.17) is 12.2 Å². The second-order valence-corrected chi connectivity index (χ2v) is 9.31. The van der Waals surface area contributed by atoms with Gasteiger partial charge in [-0.1, -0.05) is 76.0 Å². The standard InChI is InChI=1S/C23H30N4O2S2/c1-3-5-6-7-8-10-15-27-22(29)18(31-23(27)30)16-17-20(24-13-4-2)25-19-12-9-11-14-26(19)21(17)28/h9,11-12,14,16,24H,3-8,10,13,15H2,1-2H3. The van der Waals surface area contributed by atoms with Crippen LogP contribution in [0.2, 0.25) is 0 Å². The largest absolute Gasteiger partial charge is 0.369 e. The van der Waals surface area contributed by atoms with Gasteiger partial charge in [0.25, 0.3) is 11.5 Å². The molecular weight excluding hydrogens is 428 g/mol. The van der Waals surface area contributed by atoms with E-state index in [2.05, 4.69) is 17.2 Å². The minimum absolute atomic E-state index is 0.123. The number of rotatable bonds is 11. The normalized spacial score (nSPS) is 15.4. The second kappa shape index (κ2) is 11.4. The molecule has 1 fully saturated rings. The molecule has 3 rings (SSSR count). The zero-order chi connectivity index (χ0) is 22.2. The molecule has 1 saturated heterocycles. The van der Waals surface area contributed by atoms with Crippen LogP contribution in [-0.2, 0) is 4.79 Å². The Hall–Kier alpha value is -2.19. The zero-order valence-corrected chi connectivity index (χ0v) is 19.9. The lowest BCUT2D eigenvalue weighted by atomic mass is 10.1. The van der Waals surface area contributed by atoms with Crippen molar-refractivity contribution in [3.63, 3.8) is 0 Å². The number of amides is 1. The molecule has 1 aliphatic heterocycles. The molecule has 0 aromatic carbocycles. The van der Waals surface area contributed by atoms with Gasteiger partial charge >= 0.3 is 0 Å². The quantitative estimate of drug-likeness (QED) is 0.288. The van der Waals surface area contributed by atoms with Gasteiger partial charge in [0.2, 0.25) is 0 Å². The molecule has 2 aromatic rings. The maximum atomic E-state index is 13.1. The molecule has 166 valence electrons. The Bertz CT molecular complexity index is 1030. The Morgan fingerprint density at radius 1 is 1.10 bits per heavy atom. The summed E-state index contributed by atoms with van der Waals surface area (Å²) in [5.74, 6) is 0.377. The molecule has 1 aliphatic rings. The SMILES string of the molecule is CCCCCCCCN1C(=O)C(=Cc2c(NCCC)nc3ccccn3c2=O)SC1=S. The van der Waals surface area contributed by atoms with E-state index in [1.54, 1.807) is 29.3 Å². The molecule has 0 saturated carbocycles. The predicted octanol–water partition coefficient (Wildman–Crippen LogP) is 5.08. The van der Waals surface area contributed by atoms with Crippen LogP contribution in [0.5, 0.6) is 0 Å². The summed E-state index contributed by atoms with van der Waals surface area (Å²) in [7, 11) is 0. The molecular formula is C23H30N4O2S2. The van der Waals surface area contributed by atoms with Crippen LogP contribution in [-0.4, -0.2) is 37.6 Å². The molecule has 6 nitrogen and oxygen atoms in total. The van der Waals surface area contributed by atoms with Crippen LogP contribution in [0.15, 0.2) is 34.1 Å². The van der Waals surface area contributed by atoms with Crippen LogP contribution in [0.3, 0.4) is 0 Å². The number of pyridine rings is 1. The maximum Gasteiger partial charge on any atom is 0.267 e. The number of anilines is 1. The lowest BCUT2D eigenvalue weighted by Gasteiger charge is -2.14. The van der Waals surface area contributed by atoms with Crippen molar-refractivity contribution in [1.82, 2.24) is 14.3 Å². The Labute approximate surface area is 193 Å². The number of hydrogen-bond acceptors (Lipinski definition) is 6. The van der Waals surface area contributed by atoms with Crippen molar-refractivity contribution < 1.29 is 4.79 Å². The molecule has 0 atom stereocenters. The summed E-state index contributed by atoms with van der Waals surface area (Å²) >= 11 is 6.72. The first-order chi connectivity index (χ1) is 15.1. The molecule has 3 heterocycles. The van der Waals surface area contributed by atoms with E-state index in [1.165, 1.54) is 41.8 Å². The third kappa shape index (κ3) is 5.74. The van der Waals surface area contributed by atoms with Crippen LogP contribution in [0.1, 0.15) is 64.4 Å². The van der Waals surface area contributed by atoms with E-state index in [0.717, 1.165) is 19.3 Å². The van der Waals surface area contributed by atoms with Crippen LogP contribution in [0.4, 0.5) is 5.82 Å². The van der Waals surface area contributed by atoms with Gasteiger partial charge in [-0.05, 0) is 31.1 Å². The van der Waals surface area contributed by atoms with E-state index < -0.39 is 0 Å². The minimum Gasteiger partial charge on any atom is -0.369 e. The molecule has 2 aromatic heterocycles. The fraction of sp³-hybridized carbons (Fsp3) is 0.478. The number of fused-ring (bicyclic) bond motifs is 1. The highest BCUT2D eigenvalue weighted by Crippen LogP contribution is 2.33. The fourth-order valence-corrected chi connectivity index (χ4v) is 4.78. The number of unbranched alkanes of at least 4 members (excludes halogenated alkanes) is 5. The Morgan fingerprint density at radius 2 is 1.87 bits per heavy atom. The summed E-state index contributed by atoms with van der Waals surface area (Å²) in [6.07, 6.45) is 11.2. The van der Waals surface area contributed by atoms with Gasteiger partial charge in [-0.2, -0.15) is 0 Å². The number of thioether (sulfide) groups is 1. The number of aromatic nitrogens is 2. The lowest BCUT2D eigenvalue weighted by Crippen LogP contribution is -2.29. The number of nitrogens with one attached hydrogen (secondary N) is 1. The Balaban J connectivity index is 1.82. The average Bonchev–Trinajstić information content (AvgIpc) is 3.04. The third-order valence-corrected chi connectivity index (χ3v) is 6.57. The van der Waals surface area contributed by atoms with Crippen molar-refractivity contribution in [2.45, 2.75) is 58.8 Å². The molecule has 1 N–H and O–H groups in total. The fourth-order valence-electron chi connectivity index (χ4n) is 3.49. The summed E-state index contributed by atoms with van der Waals surface area (Å²) in [5.41, 5.74) is 0.751. The molecule has 0 bridgehead atoms. The molecule has 8 heteroatoms.